The lowest BCUT2D eigenvalue weighted by molar-refractivity contribution is 0.228. The van der Waals surface area contributed by atoms with E-state index in [1.807, 2.05) is 39.0 Å². The first kappa shape index (κ1) is 10.0. The summed E-state index contributed by atoms with van der Waals surface area (Å²) in [5.41, 5.74) is 3.35. The molecule has 0 aliphatic carbocycles. The summed E-state index contributed by atoms with van der Waals surface area (Å²) in [6, 6.07) is 6.13. The van der Waals surface area contributed by atoms with Gasteiger partial charge < -0.3 is 5.11 Å². The van der Waals surface area contributed by atoms with Crippen molar-refractivity contribution in [2.24, 2.45) is 0 Å². The summed E-state index contributed by atoms with van der Waals surface area (Å²) in [6.07, 6.45) is 3.18. The first-order chi connectivity index (χ1) is 6.13. The SMILES string of the molecule is C/C=C/C(O)c1cc(C)cc(C)c1. The van der Waals surface area contributed by atoms with Crippen molar-refractivity contribution in [1.82, 2.24) is 0 Å². The number of allylic oxidation sites excluding steroid dienone is 1. The molecule has 0 aliphatic heterocycles. The molecule has 0 aliphatic rings. The van der Waals surface area contributed by atoms with Crippen molar-refractivity contribution in [3.05, 3.63) is 47.0 Å². The molecule has 1 atom stereocenters. The van der Waals surface area contributed by atoms with Gasteiger partial charge in [0, 0.05) is 0 Å². The summed E-state index contributed by atoms with van der Waals surface area (Å²) in [6.45, 7) is 5.99. The smallest absolute Gasteiger partial charge is 0.0971 e. The minimum absolute atomic E-state index is 0.469. The number of aliphatic hydroxyl groups excluding tert-OH is 1. The normalized spacial score (nSPS) is 13.5. The molecule has 0 spiro atoms. The lowest BCUT2D eigenvalue weighted by Gasteiger charge is -2.08. The number of rotatable bonds is 2. The van der Waals surface area contributed by atoms with E-state index < -0.39 is 6.10 Å². The largest absolute Gasteiger partial charge is 0.384 e. The highest BCUT2D eigenvalue weighted by Gasteiger charge is 2.03. The monoisotopic (exact) mass is 176 g/mol. The summed E-state index contributed by atoms with van der Waals surface area (Å²) in [5, 5.41) is 9.68. The molecule has 0 fully saturated rings. The Morgan fingerprint density at radius 3 is 2.15 bits per heavy atom. The quantitative estimate of drug-likeness (QED) is 0.687. The van der Waals surface area contributed by atoms with Crippen molar-refractivity contribution < 1.29 is 5.11 Å². The fourth-order valence-corrected chi connectivity index (χ4v) is 1.47. The minimum atomic E-state index is -0.469. The van der Waals surface area contributed by atoms with Crippen LogP contribution in [0.15, 0.2) is 30.4 Å². The average Bonchev–Trinajstić information content (AvgIpc) is 2.03. The molecule has 0 saturated heterocycles. The number of hydrogen-bond donors (Lipinski definition) is 1. The molecule has 0 saturated carbocycles. The van der Waals surface area contributed by atoms with E-state index in [2.05, 4.69) is 6.07 Å². The van der Waals surface area contributed by atoms with Crippen molar-refractivity contribution in [2.45, 2.75) is 26.9 Å². The third-order valence-electron chi connectivity index (χ3n) is 1.96. The minimum Gasteiger partial charge on any atom is -0.384 e. The highest BCUT2D eigenvalue weighted by molar-refractivity contribution is 5.31. The molecule has 13 heavy (non-hydrogen) atoms. The highest BCUT2D eigenvalue weighted by atomic mass is 16.3. The third-order valence-corrected chi connectivity index (χ3v) is 1.96. The van der Waals surface area contributed by atoms with E-state index in [4.69, 9.17) is 0 Å². The molecule has 0 radical (unpaired) electrons. The molecular formula is C12H16O. The summed E-state index contributed by atoms with van der Waals surface area (Å²) < 4.78 is 0. The van der Waals surface area contributed by atoms with Crippen LogP contribution in [-0.2, 0) is 0 Å². The Labute approximate surface area is 79.7 Å². The van der Waals surface area contributed by atoms with Gasteiger partial charge in [0.25, 0.3) is 0 Å². The van der Waals surface area contributed by atoms with E-state index in [-0.39, 0.29) is 0 Å². The van der Waals surface area contributed by atoms with Gasteiger partial charge in [0.05, 0.1) is 6.10 Å². The first-order valence-corrected chi connectivity index (χ1v) is 4.52. The zero-order chi connectivity index (χ0) is 9.84. The standard InChI is InChI=1S/C12H16O/c1-4-5-12(13)11-7-9(2)6-10(3)8-11/h4-8,12-13H,1-3H3/b5-4+. The maximum Gasteiger partial charge on any atom is 0.0971 e. The Kier molecular flexibility index (Phi) is 3.26. The van der Waals surface area contributed by atoms with Gasteiger partial charge in [-0.2, -0.15) is 0 Å². The highest BCUT2D eigenvalue weighted by Crippen LogP contribution is 2.17. The van der Waals surface area contributed by atoms with Crippen LogP contribution in [-0.4, -0.2) is 5.11 Å². The fraction of sp³-hybridized carbons (Fsp3) is 0.333. The van der Waals surface area contributed by atoms with E-state index in [1.165, 1.54) is 11.1 Å². The van der Waals surface area contributed by atoms with Crippen LogP contribution in [0.3, 0.4) is 0 Å². The number of hydrogen-bond acceptors (Lipinski definition) is 1. The Hall–Kier alpha value is -1.08. The zero-order valence-electron chi connectivity index (χ0n) is 8.41. The summed E-state index contributed by atoms with van der Waals surface area (Å²) in [5.74, 6) is 0. The third kappa shape index (κ3) is 2.71. The number of aryl methyl sites for hydroxylation is 2. The second-order valence-corrected chi connectivity index (χ2v) is 3.39. The van der Waals surface area contributed by atoms with Gasteiger partial charge in [-0.05, 0) is 26.3 Å². The van der Waals surface area contributed by atoms with Crippen LogP contribution < -0.4 is 0 Å². The Bertz CT molecular complexity index is 293. The van der Waals surface area contributed by atoms with E-state index in [0.29, 0.717) is 0 Å². The van der Waals surface area contributed by atoms with E-state index in [1.54, 1.807) is 6.08 Å². The van der Waals surface area contributed by atoms with Gasteiger partial charge in [-0.3, -0.25) is 0 Å². The van der Waals surface area contributed by atoms with Gasteiger partial charge in [0.1, 0.15) is 0 Å². The average molecular weight is 176 g/mol. The molecular weight excluding hydrogens is 160 g/mol. The number of aliphatic hydroxyl groups is 1. The second kappa shape index (κ2) is 4.24. The molecule has 1 nitrogen and oxygen atoms in total. The maximum absolute atomic E-state index is 9.68. The van der Waals surface area contributed by atoms with Crippen molar-refractivity contribution in [3.8, 4) is 0 Å². The van der Waals surface area contributed by atoms with Crippen molar-refractivity contribution in [1.29, 1.82) is 0 Å². The topological polar surface area (TPSA) is 20.2 Å². The van der Waals surface area contributed by atoms with Crippen LogP contribution in [0, 0.1) is 13.8 Å². The lowest BCUT2D eigenvalue weighted by atomic mass is 10.0. The van der Waals surface area contributed by atoms with Crippen molar-refractivity contribution >= 4 is 0 Å². The van der Waals surface area contributed by atoms with E-state index >= 15 is 0 Å². The van der Waals surface area contributed by atoms with Gasteiger partial charge >= 0.3 is 0 Å². The molecule has 1 aromatic rings. The Morgan fingerprint density at radius 2 is 1.69 bits per heavy atom. The molecule has 0 bridgehead atoms. The first-order valence-electron chi connectivity index (χ1n) is 4.52. The molecule has 1 heteroatoms. The molecule has 1 N–H and O–H groups in total. The summed E-state index contributed by atoms with van der Waals surface area (Å²) >= 11 is 0. The predicted molar refractivity (Wildman–Crippen MR) is 55.7 cm³/mol. The predicted octanol–water partition coefficient (Wildman–Crippen LogP) is 2.91. The Morgan fingerprint density at radius 1 is 1.15 bits per heavy atom. The van der Waals surface area contributed by atoms with Crippen molar-refractivity contribution in [3.63, 3.8) is 0 Å². The molecule has 0 heterocycles. The number of benzene rings is 1. The van der Waals surface area contributed by atoms with Gasteiger partial charge in [0.2, 0.25) is 0 Å². The summed E-state index contributed by atoms with van der Waals surface area (Å²) in [4.78, 5) is 0. The van der Waals surface area contributed by atoms with E-state index in [9.17, 15) is 5.11 Å². The van der Waals surface area contributed by atoms with Crippen LogP contribution in [0.5, 0.6) is 0 Å². The van der Waals surface area contributed by atoms with Gasteiger partial charge in [-0.25, -0.2) is 0 Å². The zero-order valence-corrected chi connectivity index (χ0v) is 8.41. The van der Waals surface area contributed by atoms with Crippen molar-refractivity contribution in [2.75, 3.05) is 0 Å². The van der Waals surface area contributed by atoms with E-state index in [0.717, 1.165) is 5.56 Å². The molecule has 70 valence electrons. The van der Waals surface area contributed by atoms with Crippen LogP contribution in [0.25, 0.3) is 0 Å². The second-order valence-electron chi connectivity index (χ2n) is 3.39. The van der Waals surface area contributed by atoms with Crippen LogP contribution in [0.1, 0.15) is 29.7 Å². The summed E-state index contributed by atoms with van der Waals surface area (Å²) in [7, 11) is 0. The lowest BCUT2D eigenvalue weighted by Crippen LogP contribution is -1.94. The van der Waals surface area contributed by atoms with Gasteiger partial charge in [0.15, 0.2) is 0 Å². The van der Waals surface area contributed by atoms with Gasteiger partial charge in [-0.1, -0.05) is 41.5 Å². The van der Waals surface area contributed by atoms with Crippen LogP contribution >= 0.6 is 0 Å². The molecule has 0 aromatic heterocycles. The molecule has 0 amide bonds. The molecule has 1 unspecified atom stereocenters. The Balaban J connectivity index is 3.00. The maximum atomic E-state index is 9.68. The fourth-order valence-electron chi connectivity index (χ4n) is 1.47. The van der Waals surface area contributed by atoms with Crippen LogP contribution in [0.4, 0.5) is 0 Å². The molecule has 1 aromatic carbocycles. The van der Waals surface area contributed by atoms with Gasteiger partial charge in [-0.15, -0.1) is 0 Å². The van der Waals surface area contributed by atoms with Crippen LogP contribution in [0.2, 0.25) is 0 Å². The molecule has 1 rings (SSSR count).